The molecule has 0 bridgehead atoms. The highest BCUT2D eigenvalue weighted by Crippen LogP contribution is 2.09. The standard InChI is InChI=1S/C18H19FN2O2/c1-13(22)15-4-8-17(9-5-15)21-12-18(23)20-11-10-14-2-6-16(19)7-3-14/h2-9,21H,10-12H2,1H3,(H,20,23). The highest BCUT2D eigenvalue weighted by molar-refractivity contribution is 5.94. The zero-order valence-electron chi connectivity index (χ0n) is 12.9. The summed E-state index contributed by atoms with van der Waals surface area (Å²) in [5, 5.41) is 5.79. The number of halogens is 1. The first-order valence-corrected chi connectivity index (χ1v) is 7.40. The predicted molar refractivity (Wildman–Crippen MR) is 88.0 cm³/mol. The second-order valence-corrected chi connectivity index (χ2v) is 5.21. The Morgan fingerprint density at radius 1 is 1.00 bits per heavy atom. The van der Waals surface area contributed by atoms with Gasteiger partial charge in [-0.2, -0.15) is 0 Å². The number of carbonyl (C=O) groups is 2. The predicted octanol–water partition coefficient (Wildman–Crippen LogP) is 2.80. The van der Waals surface area contributed by atoms with Crippen LogP contribution in [0.25, 0.3) is 0 Å². The fraction of sp³-hybridized carbons (Fsp3) is 0.222. The van der Waals surface area contributed by atoms with Crippen molar-refractivity contribution in [2.75, 3.05) is 18.4 Å². The Bertz CT molecular complexity index is 666. The molecule has 4 nitrogen and oxygen atoms in total. The van der Waals surface area contributed by atoms with Gasteiger partial charge in [0.25, 0.3) is 0 Å². The summed E-state index contributed by atoms with van der Waals surface area (Å²) in [4.78, 5) is 22.9. The van der Waals surface area contributed by atoms with Crippen molar-refractivity contribution in [1.82, 2.24) is 5.32 Å². The van der Waals surface area contributed by atoms with Gasteiger partial charge in [-0.3, -0.25) is 9.59 Å². The van der Waals surface area contributed by atoms with E-state index < -0.39 is 0 Å². The Kier molecular flexibility index (Phi) is 5.86. The molecule has 5 heteroatoms. The zero-order chi connectivity index (χ0) is 16.7. The molecule has 120 valence electrons. The summed E-state index contributed by atoms with van der Waals surface area (Å²) in [6, 6.07) is 13.2. The van der Waals surface area contributed by atoms with E-state index in [4.69, 9.17) is 0 Å². The smallest absolute Gasteiger partial charge is 0.239 e. The van der Waals surface area contributed by atoms with Gasteiger partial charge in [0.2, 0.25) is 5.91 Å². The molecule has 0 spiro atoms. The summed E-state index contributed by atoms with van der Waals surface area (Å²) in [5.41, 5.74) is 2.39. The van der Waals surface area contributed by atoms with E-state index in [0.717, 1.165) is 11.3 Å². The third-order valence-corrected chi connectivity index (χ3v) is 3.39. The first-order valence-electron chi connectivity index (χ1n) is 7.40. The van der Waals surface area contributed by atoms with Crippen LogP contribution < -0.4 is 10.6 Å². The van der Waals surface area contributed by atoms with Gasteiger partial charge in [0.15, 0.2) is 5.78 Å². The number of carbonyl (C=O) groups excluding carboxylic acids is 2. The maximum Gasteiger partial charge on any atom is 0.239 e. The largest absolute Gasteiger partial charge is 0.376 e. The van der Waals surface area contributed by atoms with Gasteiger partial charge in [0.1, 0.15) is 5.82 Å². The molecule has 0 aliphatic carbocycles. The Morgan fingerprint density at radius 3 is 2.26 bits per heavy atom. The molecule has 0 heterocycles. The van der Waals surface area contributed by atoms with Crippen LogP contribution in [0.1, 0.15) is 22.8 Å². The van der Waals surface area contributed by atoms with Gasteiger partial charge in [0.05, 0.1) is 6.54 Å². The van der Waals surface area contributed by atoms with Crippen LogP contribution in [0.5, 0.6) is 0 Å². The van der Waals surface area contributed by atoms with Crippen LogP contribution >= 0.6 is 0 Å². The van der Waals surface area contributed by atoms with Crippen LogP contribution in [0.4, 0.5) is 10.1 Å². The summed E-state index contributed by atoms with van der Waals surface area (Å²) >= 11 is 0. The van der Waals surface area contributed by atoms with Gasteiger partial charge < -0.3 is 10.6 Å². The minimum absolute atomic E-state index is 0.00934. The molecule has 1 amide bonds. The number of rotatable bonds is 7. The van der Waals surface area contributed by atoms with Crippen molar-refractivity contribution in [3.63, 3.8) is 0 Å². The lowest BCUT2D eigenvalue weighted by Crippen LogP contribution is -2.31. The lowest BCUT2D eigenvalue weighted by atomic mass is 10.1. The van der Waals surface area contributed by atoms with E-state index in [-0.39, 0.29) is 24.1 Å². The molecule has 2 N–H and O–H groups in total. The van der Waals surface area contributed by atoms with Crippen LogP contribution in [0.15, 0.2) is 48.5 Å². The van der Waals surface area contributed by atoms with Crippen LogP contribution in [0.3, 0.4) is 0 Å². The second kappa shape index (κ2) is 8.08. The fourth-order valence-electron chi connectivity index (χ4n) is 2.06. The number of benzene rings is 2. The van der Waals surface area contributed by atoms with Crippen LogP contribution in [-0.4, -0.2) is 24.8 Å². The number of amides is 1. The number of Topliss-reactive ketones (excluding diaryl/α,β-unsaturated/α-hetero) is 1. The molecule has 0 aliphatic heterocycles. The van der Waals surface area contributed by atoms with E-state index in [0.29, 0.717) is 18.5 Å². The highest BCUT2D eigenvalue weighted by Gasteiger charge is 2.02. The number of nitrogens with one attached hydrogen (secondary N) is 2. The molecule has 0 radical (unpaired) electrons. The summed E-state index contributed by atoms with van der Waals surface area (Å²) in [7, 11) is 0. The Morgan fingerprint density at radius 2 is 1.65 bits per heavy atom. The van der Waals surface area contributed by atoms with Crippen molar-refractivity contribution in [2.45, 2.75) is 13.3 Å². The van der Waals surface area contributed by atoms with Gasteiger partial charge in [-0.05, 0) is 55.3 Å². The molecule has 0 saturated carbocycles. The average molecular weight is 314 g/mol. The molecule has 23 heavy (non-hydrogen) atoms. The van der Waals surface area contributed by atoms with Crippen LogP contribution in [-0.2, 0) is 11.2 Å². The maximum atomic E-state index is 12.8. The summed E-state index contributed by atoms with van der Waals surface area (Å²) < 4.78 is 12.8. The highest BCUT2D eigenvalue weighted by atomic mass is 19.1. The van der Waals surface area contributed by atoms with Crippen molar-refractivity contribution in [3.05, 3.63) is 65.5 Å². The molecule has 2 aromatic rings. The Balaban J connectivity index is 1.70. The molecule has 0 unspecified atom stereocenters. The first-order chi connectivity index (χ1) is 11.0. The van der Waals surface area contributed by atoms with Crippen LogP contribution in [0.2, 0.25) is 0 Å². The van der Waals surface area contributed by atoms with E-state index >= 15 is 0 Å². The van der Waals surface area contributed by atoms with Gasteiger partial charge >= 0.3 is 0 Å². The summed E-state index contributed by atoms with van der Waals surface area (Å²) in [6.07, 6.45) is 0.652. The third-order valence-electron chi connectivity index (χ3n) is 3.39. The molecule has 0 aliphatic rings. The minimum atomic E-state index is -0.266. The number of hydrogen-bond donors (Lipinski definition) is 2. The van der Waals surface area contributed by atoms with Crippen molar-refractivity contribution < 1.29 is 14.0 Å². The molecular weight excluding hydrogens is 295 g/mol. The van der Waals surface area contributed by atoms with E-state index in [1.807, 2.05) is 0 Å². The van der Waals surface area contributed by atoms with Gasteiger partial charge in [-0.15, -0.1) is 0 Å². The van der Waals surface area contributed by atoms with Crippen LogP contribution in [0, 0.1) is 5.82 Å². The summed E-state index contributed by atoms with van der Waals surface area (Å²) in [5.74, 6) is -0.379. The lowest BCUT2D eigenvalue weighted by molar-refractivity contribution is -0.119. The molecule has 2 aromatic carbocycles. The van der Waals surface area contributed by atoms with Crippen molar-refractivity contribution >= 4 is 17.4 Å². The minimum Gasteiger partial charge on any atom is -0.376 e. The fourth-order valence-corrected chi connectivity index (χ4v) is 2.06. The summed E-state index contributed by atoms with van der Waals surface area (Å²) in [6.45, 7) is 2.16. The quantitative estimate of drug-likeness (QED) is 0.773. The average Bonchev–Trinajstić information content (AvgIpc) is 2.55. The van der Waals surface area contributed by atoms with Gasteiger partial charge in [-0.25, -0.2) is 4.39 Å². The molecule has 2 rings (SSSR count). The molecule has 0 saturated heterocycles. The molecule has 0 atom stereocenters. The normalized spacial score (nSPS) is 10.2. The third kappa shape index (κ3) is 5.54. The topological polar surface area (TPSA) is 58.2 Å². The van der Waals surface area contributed by atoms with E-state index in [2.05, 4.69) is 10.6 Å². The number of anilines is 1. The monoisotopic (exact) mass is 314 g/mol. The number of ketones is 1. The Labute approximate surface area is 134 Å². The van der Waals surface area contributed by atoms with Crippen molar-refractivity contribution in [2.24, 2.45) is 0 Å². The van der Waals surface area contributed by atoms with Gasteiger partial charge in [-0.1, -0.05) is 12.1 Å². The van der Waals surface area contributed by atoms with Crippen molar-refractivity contribution in [3.8, 4) is 0 Å². The second-order valence-electron chi connectivity index (χ2n) is 5.21. The van der Waals surface area contributed by atoms with E-state index in [1.54, 1.807) is 36.4 Å². The maximum absolute atomic E-state index is 12.8. The SMILES string of the molecule is CC(=O)c1ccc(NCC(=O)NCCc2ccc(F)cc2)cc1. The molecular formula is C18H19FN2O2. The Hall–Kier alpha value is -2.69. The lowest BCUT2D eigenvalue weighted by Gasteiger charge is -2.08. The zero-order valence-corrected chi connectivity index (χ0v) is 12.9. The van der Waals surface area contributed by atoms with Crippen molar-refractivity contribution in [1.29, 1.82) is 0 Å². The van der Waals surface area contributed by atoms with Gasteiger partial charge in [0, 0.05) is 17.8 Å². The first kappa shape index (κ1) is 16.7. The molecule has 0 fully saturated rings. The number of hydrogen-bond acceptors (Lipinski definition) is 3. The van der Waals surface area contributed by atoms with E-state index in [9.17, 15) is 14.0 Å². The van der Waals surface area contributed by atoms with E-state index in [1.165, 1.54) is 19.1 Å². The molecule has 0 aromatic heterocycles.